The van der Waals surface area contributed by atoms with Gasteiger partial charge < -0.3 is 0 Å². The maximum atomic E-state index is 14.0. The van der Waals surface area contributed by atoms with E-state index in [-0.39, 0.29) is 11.7 Å². The van der Waals surface area contributed by atoms with Crippen molar-refractivity contribution in [1.82, 2.24) is 0 Å². The van der Waals surface area contributed by atoms with Crippen molar-refractivity contribution in [2.45, 2.75) is 40.3 Å². The highest BCUT2D eigenvalue weighted by molar-refractivity contribution is 5.75. The summed E-state index contributed by atoms with van der Waals surface area (Å²) in [5.74, 6) is -0.502. The second kappa shape index (κ2) is 13.7. The topological polar surface area (TPSA) is 0 Å². The molecular weight excluding hydrogens is 345 g/mol. The molecule has 0 aliphatic heterocycles. The lowest BCUT2D eigenvalue weighted by molar-refractivity contribution is 0.431. The summed E-state index contributed by atoms with van der Waals surface area (Å²) in [5.41, 5.74) is 3.29. The molecule has 0 bridgehead atoms. The first-order valence-electron chi connectivity index (χ1n) is 8.88. The second-order valence-corrected chi connectivity index (χ2v) is 6.39. The molecule has 146 valence electrons. The molecule has 0 aliphatic rings. The molecule has 0 nitrogen and oxygen atoms in total. The van der Waals surface area contributed by atoms with Crippen LogP contribution in [0.15, 0.2) is 66.0 Å². The van der Waals surface area contributed by atoms with Crippen LogP contribution in [0.1, 0.15) is 38.8 Å². The van der Waals surface area contributed by atoms with E-state index in [1.165, 1.54) is 25.2 Å². The van der Waals surface area contributed by atoms with Crippen molar-refractivity contribution in [3.8, 4) is 12.8 Å². The predicted octanol–water partition coefficient (Wildman–Crippen LogP) is 7.20. The number of hydrogen-bond donors (Lipinski definition) is 0. The Morgan fingerprint density at radius 2 is 1.70 bits per heavy atom. The third-order valence-electron chi connectivity index (χ3n) is 3.67. The molecular formula is C24H29F3. The van der Waals surface area contributed by atoms with Gasteiger partial charge in [-0.1, -0.05) is 61.9 Å². The van der Waals surface area contributed by atoms with Crippen molar-refractivity contribution in [2.75, 3.05) is 6.67 Å². The van der Waals surface area contributed by atoms with Gasteiger partial charge in [-0.25, -0.2) is 13.2 Å². The Kier molecular flexibility index (Phi) is 12.4. The first-order chi connectivity index (χ1) is 12.8. The molecule has 0 aliphatic carbocycles. The van der Waals surface area contributed by atoms with Crippen molar-refractivity contribution in [3.63, 3.8) is 0 Å². The first kappa shape index (κ1) is 24.5. The minimum Gasteiger partial charge on any atom is -0.247 e. The van der Waals surface area contributed by atoms with Crippen molar-refractivity contribution < 1.29 is 13.2 Å². The van der Waals surface area contributed by atoms with E-state index in [9.17, 15) is 13.2 Å². The zero-order valence-electron chi connectivity index (χ0n) is 16.6. The van der Waals surface area contributed by atoms with Gasteiger partial charge in [-0.05, 0) is 49.1 Å². The van der Waals surface area contributed by atoms with Gasteiger partial charge in [0.2, 0.25) is 0 Å². The van der Waals surface area contributed by atoms with Crippen LogP contribution in [0.5, 0.6) is 0 Å². The Bertz CT molecular complexity index is 684. The minimum atomic E-state index is -1.15. The van der Waals surface area contributed by atoms with Crippen LogP contribution in [0.3, 0.4) is 0 Å². The number of benzene rings is 1. The molecule has 0 spiro atoms. The lowest BCUT2D eigenvalue weighted by Gasteiger charge is -2.08. The van der Waals surface area contributed by atoms with E-state index < -0.39 is 12.8 Å². The van der Waals surface area contributed by atoms with Crippen LogP contribution in [0.25, 0.3) is 5.57 Å². The molecule has 0 N–H and O–H groups in total. The molecule has 0 aromatic heterocycles. The average molecular weight is 374 g/mol. The Balaban J connectivity index is 0.00000326. The average Bonchev–Trinajstić information content (AvgIpc) is 2.63. The summed E-state index contributed by atoms with van der Waals surface area (Å²) in [6.45, 7) is 6.33. The third kappa shape index (κ3) is 10.3. The minimum absolute atomic E-state index is 0.233. The van der Waals surface area contributed by atoms with Crippen LogP contribution in [0.2, 0.25) is 0 Å². The Labute approximate surface area is 162 Å². The second-order valence-electron chi connectivity index (χ2n) is 6.39. The van der Waals surface area contributed by atoms with Gasteiger partial charge in [-0.15, -0.1) is 12.8 Å². The molecule has 1 rings (SSSR count). The van der Waals surface area contributed by atoms with Gasteiger partial charge in [0.1, 0.15) is 18.7 Å². The first-order valence-corrected chi connectivity index (χ1v) is 8.88. The largest absolute Gasteiger partial charge is 0.247 e. The number of allylic oxidation sites excluding steroid dienone is 8. The summed E-state index contributed by atoms with van der Waals surface area (Å²) < 4.78 is 39.5. The summed E-state index contributed by atoms with van der Waals surface area (Å²) in [7, 11) is 0. The van der Waals surface area contributed by atoms with E-state index in [0.29, 0.717) is 12.0 Å². The zero-order chi connectivity index (χ0) is 20.8. The van der Waals surface area contributed by atoms with E-state index >= 15 is 0 Å². The Hall–Kier alpha value is -2.47. The van der Waals surface area contributed by atoms with Crippen LogP contribution in [-0.2, 0) is 6.42 Å². The highest BCUT2D eigenvalue weighted by atomic mass is 19.1. The van der Waals surface area contributed by atoms with Gasteiger partial charge >= 0.3 is 0 Å². The molecule has 1 aromatic rings. The van der Waals surface area contributed by atoms with Crippen LogP contribution >= 0.6 is 0 Å². The smallest absolute Gasteiger partial charge is 0.116 e. The molecule has 0 amide bonds. The molecule has 0 saturated heterocycles. The van der Waals surface area contributed by atoms with Crippen molar-refractivity contribution in [2.24, 2.45) is 5.92 Å². The summed E-state index contributed by atoms with van der Waals surface area (Å²) in [4.78, 5) is 0. The van der Waals surface area contributed by atoms with Crippen LogP contribution < -0.4 is 0 Å². The fourth-order valence-electron chi connectivity index (χ4n) is 2.19. The SMILES string of the molecule is C#C.CC(/C=C\Cc1ccc(C(=C/C(C)F)/C=C(/F)C(C)C)cc1)=C/CF. The lowest BCUT2D eigenvalue weighted by atomic mass is 9.99. The fraction of sp³-hybridized carbons (Fsp3) is 0.333. The maximum absolute atomic E-state index is 14.0. The quantitative estimate of drug-likeness (QED) is 0.333. The maximum Gasteiger partial charge on any atom is 0.116 e. The number of terminal acetylenes is 1. The number of hydrogen-bond acceptors (Lipinski definition) is 0. The van der Waals surface area contributed by atoms with Crippen molar-refractivity contribution in [3.05, 3.63) is 77.2 Å². The Morgan fingerprint density at radius 1 is 1.11 bits per heavy atom. The summed E-state index contributed by atoms with van der Waals surface area (Å²) >= 11 is 0. The number of halogens is 3. The summed E-state index contributed by atoms with van der Waals surface area (Å²) in [5, 5.41) is 0. The summed E-state index contributed by atoms with van der Waals surface area (Å²) in [6.07, 6.45) is 15.7. The van der Waals surface area contributed by atoms with Crippen LogP contribution in [-0.4, -0.2) is 12.8 Å². The molecule has 0 saturated carbocycles. The van der Waals surface area contributed by atoms with Gasteiger partial charge in [-0.2, -0.15) is 0 Å². The van der Waals surface area contributed by atoms with E-state index in [2.05, 4.69) is 12.8 Å². The molecule has 0 fully saturated rings. The number of rotatable bonds is 8. The zero-order valence-corrected chi connectivity index (χ0v) is 16.6. The lowest BCUT2D eigenvalue weighted by Crippen LogP contribution is -1.93. The molecule has 1 aromatic carbocycles. The van der Waals surface area contributed by atoms with Gasteiger partial charge in [0, 0.05) is 5.92 Å². The van der Waals surface area contributed by atoms with E-state index in [4.69, 9.17) is 0 Å². The molecule has 1 atom stereocenters. The Morgan fingerprint density at radius 3 is 2.19 bits per heavy atom. The van der Waals surface area contributed by atoms with Crippen LogP contribution in [0.4, 0.5) is 13.2 Å². The highest BCUT2D eigenvalue weighted by Crippen LogP contribution is 2.23. The van der Waals surface area contributed by atoms with Gasteiger partial charge in [-0.3, -0.25) is 0 Å². The van der Waals surface area contributed by atoms with Crippen molar-refractivity contribution in [1.29, 1.82) is 0 Å². The van der Waals surface area contributed by atoms with Gasteiger partial charge in [0.05, 0.1) is 0 Å². The van der Waals surface area contributed by atoms with Crippen LogP contribution in [0, 0.1) is 18.8 Å². The molecule has 0 heterocycles. The van der Waals surface area contributed by atoms with Crippen molar-refractivity contribution >= 4 is 5.57 Å². The third-order valence-corrected chi connectivity index (χ3v) is 3.67. The van der Waals surface area contributed by atoms with E-state index in [0.717, 1.165) is 16.7 Å². The molecule has 0 radical (unpaired) electrons. The predicted molar refractivity (Wildman–Crippen MR) is 111 cm³/mol. The van der Waals surface area contributed by atoms with Gasteiger partial charge in [0.15, 0.2) is 0 Å². The van der Waals surface area contributed by atoms with E-state index in [1.54, 1.807) is 13.8 Å². The molecule has 3 heteroatoms. The molecule has 27 heavy (non-hydrogen) atoms. The monoisotopic (exact) mass is 374 g/mol. The standard InChI is InChI=1S/C22H27F3.C2H2/c1-16(2)22(25)15-21(14-18(4)24)20-10-8-19(9-11-20)7-5-6-17(3)12-13-23;1-2/h5-6,8-12,14-16,18H,7,13H2,1-4H3;1-2H/b6-5-,17-12-,21-14+,22-15+;. The molecule has 1 unspecified atom stereocenters. The number of alkyl halides is 2. The van der Waals surface area contributed by atoms with Gasteiger partial charge in [0.25, 0.3) is 0 Å². The summed E-state index contributed by atoms with van der Waals surface area (Å²) in [6, 6.07) is 7.61. The normalized spacial score (nSPS) is 14.2. The fourth-order valence-corrected chi connectivity index (χ4v) is 2.19. The highest BCUT2D eigenvalue weighted by Gasteiger charge is 2.07. The van der Waals surface area contributed by atoms with E-state index in [1.807, 2.05) is 43.3 Å².